The van der Waals surface area contributed by atoms with Crippen LogP contribution in [0, 0.1) is 35.2 Å². The van der Waals surface area contributed by atoms with E-state index in [0.29, 0.717) is 49.9 Å². The summed E-state index contributed by atoms with van der Waals surface area (Å²) in [5.41, 5.74) is -8.02. The fraction of sp³-hybridized carbons (Fsp3) is 0.429. The molecule has 2 fully saturated rings. The van der Waals surface area contributed by atoms with Gasteiger partial charge in [0.15, 0.2) is 9.84 Å². The minimum Gasteiger partial charge on any atom is -0.481 e. The van der Waals surface area contributed by atoms with Crippen LogP contribution in [0.2, 0.25) is 0 Å². The zero-order valence-electron chi connectivity index (χ0n) is 26.5. The molecule has 3 aromatic rings. The molecule has 2 saturated carbocycles. The standard InChI is InChI=1S/C35H31F9O6S/c36-25-12-14-26(15-13-25)51(48,49)32(17-20(18-32)16-30(45)21-4-6-22(7-5-21)31(46)47)23-8-10-24(11-9-23)33(34(39,40)41,35(42,43)44)50-19-27-28(37)2-1-3-29(27)38/h1-3,8-15,20-22H,4-7,16-19H2,(H,46,47). The molecule has 2 aliphatic rings. The van der Waals surface area contributed by atoms with Crippen molar-refractivity contribution < 1.29 is 67.4 Å². The van der Waals surface area contributed by atoms with Gasteiger partial charge in [-0.1, -0.05) is 30.3 Å². The van der Waals surface area contributed by atoms with E-state index in [1.165, 1.54) is 0 Å². The van der Waals surface area contributed by atoms with Gasteiger partial charge < -0.3 is 9.84 Å². The first-order chi connectivity index (χ1) is 23.7. The highest BCUT2D eigenvalue weighted by Gasteiger charge is 2.73. The van der Waals surface area contributed by atoms with E-state index in [2.05, 4.69) is 4.74 Å². The number of alkyl halides is 6. The van der Waals surface area contributed by atoms with Crippen LogP contribution in [0.1, 0.15) is 61.6 Å². The highest BCUT2D eigenvalue weighted by molar-refractivity contribution is 7.92. The number of halogens is 9. The van der Waals surface area contributed by atoms with Gasteiger partial charge in [0.2, 0.25) is 0 Å². The quantitative estimate of drug-likeness (QED) is 0.156. The number of carbonyl (C=O) groups is 2. The molecule has 0 radical (unpaired) electrons. The molecule has 276 valence electrons. The fourth-order valence-corrected chi connectivity index (χ4v) is 9.48. The van der Waals surface area contributed by atoms with E-state index in [1.54, 1.807) is 0 Å². The lowest BCUT2D eigenvalue weighted by Crippen LogP contribution is -2.56. The SMILES string of the molecule is O=C(O)C1CCC(C(=O)CC2CC(c3ccc(C(OCc4c(F)cccc4F)(C(F)(F)F)C(F)(F)F)cc3)(S(=O)(=O)c3ccc(F)cc3)C2)CC1. The smallest absolute Gasteiger partial charge is 0.430 e. The van der Waals surface area contributed by atoms with E-state index in [-0.39, 0.29) is 35.5 Å². The van der Waals surface area contributed by atoms with Crippen molar-refractivity contribution in [1.82, 2.24) is 0 Å². The maximum Gasteiger partial charge on any atom is 0.430 e. The predicted molar refractivity (Wildman–Crippen MR) is 162 cm³/mol. The topological polar surface area (TPSA) is 97.7 Å². The Morgan fingerprint density at radius 3 is 1.76 bits per heavy atom. The number of Topliss-reactive ketones (excluding diaryl/α,β-unsaturated/α-hetero) is 1. The summed E-state index contributed by atoms with van der Waals surface area (Å²) in [4.78, 5) is 24.0. The summed E-state index contributed by atoms with van der Waals surface area (Å²) < 4.78 is 160. The maximum absolute atomic E-state index is 14.5. The van der Waals surface area contributed by atoms with E-state index in [1.807, 2.05) is 0 Å². The molecule has 0 heterocycles. The lowest BCUT2D eigenvalue weighted by molar-refractivity contribution is -0.392. The van der Waals surface area contributed by atoms with Gasteiger partial charge in [-0.25, -0.2) is 21.6 Å². The first-order valence-electron chi connectivity index (χ1n) is 15.8. The number of ether oxygens (including phenoxy) is 1. The van der Waals surface area contributed by atoms with Crippen molar-refractivity contribution in [1.29, 1.82) is 0 Å². The van der Waals surface area contributed by atoms with Crippen molar-refractivity contribution in [3.63, 3.8) is 0 Å². The Morgan fingerprint density at radius 2 is 1.27 bits per heavy atom. The molecular formula is C35H31F9O6S. The molecule has 3 aromatic carbocycles. The molecule has 0 saturated heterocycles. The molecule has 0 aromatic heterocycles. The first kappa shape index (κ1) is 38.3. The monoisotopic (exact) mass is 750 g/mol. The van der Waals surface area contributed by atoms with Gasteiger partial charge in [0.05, 0.1) is 17.4 Å². The molecule has 0 amide bonds. The number of benzene rings is 3. The molecule has 0 aliphatic heterocycles. The minimum absolute atomic E-state index is 0.0904. The van der Waals surface area contributed by atoms with E-state index < -0.39 is 91.4 Å². The van der Waals surface area contributed by atoms with Gasteiger partial charge >= 0.3 is 18.3 Å². The van der Waals surface area contributed by atoms with E-state index in [0.717, 1.165) is 42.5 Å². The van der Waals surface area contributed by atoms with Crippen molar-refractivity contribution in [3.05, 3.63) is 101 Å². The van der Waals surface area contributed by atoms with Crippen LogP contribution in [-0.2, 0) is 41.1 Å². The number of rotatable bonds is 11. The molecule has 5 rings (SSSR count). The second kappa shape index (κ2) is 13.9. The van der Waals surface area contributed by atoms with Crippen LogP contribution in [0.4, 0.5) is 39.5 Å². The third kappa shape index (κ3) is 7.00. The van der Waals surface area contributed by atoms with Crippen LogP contribution < -0.4 is 0 Å². The van der Waals surface area contributed by atoms with Gasteiger partial charge in [0.25, 0.3) is 5.60 Å². The molecule has 1 N–H and O–H groups in total. The highest BCUT2D eigenvalue weighted by atomic mass is 32.2. The van der Waals surface area contributed by atoms with Gasteiger partial charge in [-0.2, -0.15) is 26.3 Å². The van der Waals surface area contributed by atoms with Crippen LogP contribution in [0.25, 0.3) is 0 Å². The molecule has 0 bridgehead atoms. The number of aliphatic carboxylic acids is 1. The zero-order valence-corrected chi connectivity index (χ0v) is 27.4. The number of carboxylic acids is 1. The van der Waals surface area contributed by atoms with Crippen LogP contribution in [-0.4, -0.2) is 37.6 Å². The number of carbonyl (C=O) groups excluding carboxylic acids is 1. The number of carboxylic acid groups (broad SMARTS) is 1. The summed E-state index contributed by atoms with van der Waals surface area (Å²) >= 11 is 0. The number of hydrogen-bond acceptors (Lipinski definition) is 5. The van der Waals surface area contributed by atoms with Crippen molar-refractivity contribution >= 4 is 21.6 Å². The molecular weight excluding hydrogens is 719 g/mol. The average Bonchev–Trinajstić information content (AvgIpc) is 3.03. The normalized spacial score (nSPS) is 23.0. The molecule has 6 nitrogen and oxygen atoms in total. The fourth-order valence-electron chi connectivity index (χ4n) is 7.17. The number of hydrogen-bond donors (Lipinski definition) is 1. The first-order valence-corrected chi connectivity index (χ1v) is 17.3. The summed E-state index contributed by atoms with van der Waals surface area (Å²) in [5.74, 6) is -6.41. The predicted octanol–water partition coefficient (Wildman–Crippen LogP) is 8.57. The van der Waals surface area contributed by atoms with Crippen LogP contribution >= 0.6 is 0 Å². The van der Waals surface area contributed by atoms with E-state index in [4.69, 9.17) is 0 Å². The van der Waals surface area contributed by atoms with Gasteiger partial charge in [-0.05, 0) is 86.4 Å². The Bertz CT molecular complexity index is 1820. The maximum atomic E-state index is 14.5. The van der Waals surface area contributed by atoms with Gasteiger partial charge in [-0.3, -0.25) is 9.59 Å². The molecule has 0 unspecified atom stereocenters. The van der Waals surface area contributed by atoms with Crippen LogP contribution in [0.3, 0.4) is 0 Å². The van der Waals surface area contributed by atoms with Gasteiger partial charge in [0.1, 0.15) is 28.0 Å². The summed E-state index contributed by atoms with van der Waals surface area (Å²) in [6, 6.07) is 8.08. The number of sulfone groups is 1. The third-order valence-corrected chi connectivity index (χ3v) is 12.5. The Morgan fingerprint density at radius 1 is 0.765 bits per heavy atom. The van der Waals surface area contributed by atoms with E-state index >= 15 is 0 Å². The summed E-state index contributed by atoms with van der Waals surface area (Å²) in [6.07, 6.45) is -11.8. The van der Waals surface area contributed by atoms with Crippen molar-refractivity contribution in [2.24, 2.45) is 17.8 Å². The van der Waals surface area contributed by atoms with Crippen LogP contribution in [0.15, 0.2) is 71.6 Å². The second-order valence-electron chi connectivity index (χ2n) is 13.0. The Labute approximate surface area is 286 Å². The number of ketones is 1. The van der Waals surface area contributed by atoms with E-state index in [9.17, 15) is 62.6 Å². The van der Waals surface area contributed by atoms with Gasteiger partial charge in [-0.15, -0.1) is 0 Å². The summed E-state index contributed by atoms with van der Waals surface area (Å²) in [6.45, 7) is -1.77. The van der Waals surface area contributed by atoms with Crippen molar-refractivity contribution in [3.8, 4) is 0 Å². The molecule has 51 heavy (non-hydrogen) atoms. The minimum atomic E-state index is -6.22. The molecule has 2 aliphatic carbocycles. The van der Waals surface area contributed by atoms with Crippen molar-refractivity contribution in [2.45, 2.75) is 79.1 Å². The highest BCUT2D eigenvalue weighted by Crippen LogP contribution is 2.57. The van der Waals surface area contributed by atoms with Gasteiger partial charge in [0, 0.05) is 23.5 Å². The molecule has 0 atom stereocenters. The molecule has 16 heteroatoms. The average molecular weight is 751 g/mol. The Balaban J connectivity index is 1.49. The molecule has 0 spiro atoms. The largest absolute Gasteiger partial charge is 0.481 e. The lowest BCUT2D eigenvalue weighted by atomic mass is 9.67. The summed E-state index contributed by atoms with van der Waals surface area (Å²) in [5, 5.41) is 9.23. The van der Waals surface area contributed by atoms with Crippen molar-refractivity contribution in [2.75, 3.05) is 0 Å². The lowest BCUT2D eigenvalue weighted by Gasteiger charge is -2.47. The second-order valence-corrected chi connectivity index (χ2v) is 15.3. The Kier molecular flexibility index (Phi) is 10.4. The van der Waals surface area contributed by atoms with Crippen LogP contribution in [0.5, 0.6) is 0 Å². The summed E-state index contributed by atoms with van der Waals surface area (Å²) in [7, 11) is -4.51. The third-order valence-electron chi connectivity index (χ3n) is 10.0. The Hall–Kier alpha value is -3.92. The zero-order chi connectivity index (χ0) is 37.6.